The number of carbonyl (C=O) groups is 1. The van der Waals surface area contributed by atoms with E-state index in [1.54, 1.807) is 13.8 Å². The molecule has 1 N–H and O–H groups in total. The average Bonchev–Trinajstić information content (AvgIpc) is 2.42. The quantitative estimate of drug-likeness (QED) is 0.808. The van der Waals surface area contributed by atoms with Crippen LogP contribution in [-0.4, -0.2) is 27.5 Å². The Morgan fingerprint density at radius 1 is 1.13 bits per heavy atom. The van der Waals surface area contributed by atoms with Crippen LogP contribution in [0.3, 0.4) is 0 Å². The van der Waals surface area contributed by atoms with Crippen molar-refractivity contribution in [3.63, 3.8) is 0 Å². The number of hydrogen-bond donors (Lipinski definition) is 1. The molecule has 0 heterocycles. The molecular formula is C17H27NO4S. The number of methoxy groups -OCH3 is 1. The third-order valence-corrected chi connectivity index (χ3v) is 5.80. The second-order valence-corrected chi connectivity index (χ2v) is 8.07. The minimum absolute atomic E-state index is 0.156. The minimum atomic E-state index is -3.82. The van der Waals surface area contributed by atoms with Crippen LogP contribution in [0.4, 0.5) is 0 Å². The van der Waals surface area contributed by atoms with Gasteiger partial charge < -0.3 is 4.74 Å². The van der Waals surface area contributed by atoms with Gasteiger partial charge in [0.2, 0.25) is 10.0 Å². The lowest BCUT2D eigenvalue weighted by molar-refractivity contribution is -0.143. The Balaban J connectivity index is 3.34. The molecule has 6 heteroatoms. The summed E-state index contributed by atoms with van der Waals surface area (Å²) in [6.45, 7) is 11.2. The van der Waals surface area contributed by atoms with Gasteiger partial charge in [0.05, 0.1) is 12.0 Å². The zero-order chi connectivity index (χ0) is 17.9. The number of benzene rings is 1. The normalized spacial score (nSPS) is 13.2. The molecule has 0 aromatic heterocycles. The molecule has 0 spiro atoms. The van der Waals surface area contributed by atoms with E-state index in [1.165, 1.54) is 7.11 Å². The molecule has 0 saturated heterocycles. The Morgan fingerprint density at radius 3 is 2.00 bits per heavy atom. The molecule has 0 fully saturated rings. The molecule has 130 valence electrons. The summed E-state index contributed by atoms with van der Waals surface area (Å²) in [4.78, 5) is 12.2. The highest BCUT2D eigenvalue weighted by atomic mass is 32.2. The fourth-order valence-corrected chi connectivity index (χ4v) is 4.45. The summed E-state index contributed by atoms with van der Waals surface area (Å²) in [6, 6.07) is 1.08. The van der Waals surface area contributed by atoms with Crippen molar-refractivity contribution >= 4 is 16.0 Å². The summed E-state index contributed by atoms with van der Waals surface area (Å²) >= 11 is 0. The van der Waals surface area contributed by atoms with E-state index in [4.69, 9.17) is 4.74 Å². The van der Waals surface area contributed by atoms with Gasteiger partial charge in [0, 0.05) is 0 Å². The van der Waals surface area contributed by atoms with Crippen LogP contribution in [0.25, 0.3) is 0 Å². The Kier molecular flexibility index (Phi) is 6.36. The number of sulfonamides is 1. The maximum absolute atomic E-state index is 12.9. The smallest absolute Gasteiger partial charge is 0.323 e. The monoisotopic (exact) mass is 341 g/mol. The highest BCUT2D eigenvalue weighted by molar-refractivity contribution is 7.89. The van der Waals surface area contributed by atoms with Crippen LogP contribution < -0.4 is 4.72 Å². The molecule has 0 bridgehead atoms. The molecule has 5 nitrogen and oxygen atoms in total. The predicted octanol–water partition coefficient (Wildman–Crippen LogP) is 2.79. The van der Waals surface area contributed by atoms with E-state index in [0.717, 1.165) is 11.1 Å². The third-order valence-electron chi connectivity index (χ3n) is 4.06. The van der Waals surface area contributed by atoms with Crippen LogP contribution in [-0.2, 0) is 19.6 Å². The first-order valence-corrected chi connectivity index (χ1v) is 9.17. The molecule has 1 aromatic rings. The molecule has 0 radical (unpaired) electrons. The van der Waals surface area contributed by atoms with Crippen molar-refractivity contribution in [1.82, 2.24) is 4.72 Å². The van der Waals surface area contributed by atoms with E-state index in [-0.39, 0.29) is 10.8 Å². The summed E-state index contributed by atoms with van der Waals surface area (Å²) in [7, 11) is -2.56. The van der Waals surface area contributed by atoms with Gasteiger partial charge in [0.15, 0.2) is 0 Å². The van der Waals surface area contributed by atoms with Crippen molar-refractivity contribution in [1.29, 1.82) is 0 Å². The lowest BCUT2D eigenvalue weighted by Crippen LogP contribution is -2.42. The molecule has 1 rings (SSSR count). The SMILES string of the molecule is COC(=O)[C@H](CC(C)C)NS(=O)(=O)c1c(C)c(C)cc(C)c1C. The molecule has 0 saturated carbocycles. The summed E-state index contributed by atoms with van der Waals surface area (Å²) in [5, 5.41) is 0. The highest BCUT2D eigenvalue weighted by Gasteiger charge is 2.29. The largest absolute Gasteiger partial charge is 0.468 e. The Labute approximate surface area is 139 Å². The number of carbonyl (C=O) groups excluding carboxylic acids is 1. The van der Waals surface area contributed by atoms with Crippen molar-refractivity contribution in [3.05, 3.63) is 28.3 Å². The summed E-state index contributed by atoms with van der Waals surface area (Å²) < 4.78 is 33.0. The molecule has 0 aliphatic carbocycles. The number of aryl methyl sites for hydroxylation is 2. The first-order valence-electron chi connectivity index (χ1n) is 7.68. The fourth-order valence-electron chi connectivity index (χ4n) is 2.64. The maximum Gasteiger partial charge on any atom is 0.323 e. The van der Waals surface area contributed by atoms with E-state index in [0.29, 0.717) is 17.5 Å². The fraction of sp³-hybridized carbons (Fsp3) is 0.588. The van der Waals surface area contributed by atoms with Crippen LogP contribution >= 0.6 is 0 Å². The van der Waals surface area contributed by atoms with Gasteiger partial charge in [-0.25, -0.2) is 8.42 Å². The van der Waals surface area contributed by atoms with Gasteiger partial charge in [-0.05, 0) is 62.3 Å². The second-order valence-electron chi connectivity index (χ2n) is 6.42. The van der Waals surface area contributed by atoms with Crippen LogP contribution in [0, 0.1) is 33.6 Å². The van der Waals surface area contributed by atoms with Gasteiger partial charge in [0.25, 0.3) is 0 Å². The molecule has 1 atom stereocenters. The number of rotatable bonds is 6. The van der Waals surface area contributed by atoms with Crippen molar-refractivity contribution < 1.29 is 17.9 Å². The summed E-state index contributed by atoms with van der Waals surface area (Å²) in [5.41, 5.74) is 3.22. The molecule has 23 heavy (non-hydrogen) atoms. The van der Waals surface area contributed by atoms with Gasteiger partial charge in [0.1, 0.15) is 6.04 Å². The van der Waals surface area contributed by atoms with E-state index in [1.807, 2.05) is 33.8 Å². The van der Waals surface area contributed by atoms with Crippen molar-refractivity contribution in [2.75, 3.05) is 7.11 Å². The third kappa shape index (κ3) is 4.54. The van der Waals surface area contributed by atoms with Gasteiger partial charge in [-0.15, -0.1) is 0 Å². The van der Waals surface area contributed by atoms with Crippen molar-refractivity contribution in [2.24, 2.45) is 5.92 Å². The van der Waals surface area contributed by atoms with Crippen molar-refractivity contribution in [2.45, 2.75) is 58.9 Å². The second kappa shape index (κ2) is 7.45. The van der Waals surface area contributed by atoms with Crippen LogP contribution in [0.2, 0.25) is 0 Å². The first-order chi connectivity index (χ1) is 10.5. The molecule has 1 aromatic carbocycles. The number of hydrogen-bond acceptors (Lipinski definition) is 4. The molecule has 0 amide bonds. The zero-order valence-corrected chi connectivity index (χ0v) is 15.8. The van der Waals surface area contributed by atoms with E-state index >= 15 is 0 Å². The van der Waals surface area contributed by atoms with E-state index < -0.39 is 22.0 Å². The Morgan fingerprint density at radius 2 is 1.61 bits per heavy atom. The average molecular weight is 341 g/mol. The lowest BCUT2D eigenvalue weighted by Gasteiger charge is -2.21. The summed E-state index contributed by atoms with van der Waals surface area (Å²) in [5.74, 6) is -0.412. The highest BCUT2D eigenvalue weighted by Crippen LogP contribution is 2.26. The minimum Gasteiger partial charge on any atom is -0.468 e. The van der Waals surface area contributed by atoms with Crippen LogP contribution in [0.5, 0.6) is 0 Å². The van der Waals surface area contributed by atoms with Crippen molar-refractivity contribution in [3.8, 4) is 0 Å². The van der Waals surface area contributed by atoms with Crippen LogP contribution in [0.15, 0.2) is 11.0 Å². The summed E-state index contributed by atoms with van der Waals surface area (Å²) in [6.07, 6.45) is 0.384. The molecule has 0 aliphatic rings. The zero-order valence-electron chi connectivity index (χ0n) is 15.0. The number of nitrogens with one attached hydrogen (secondary N) is 1. The maximum atomic E-state index is 12.9. The Hall–Kier alpha value is -1.40. The Bertz CT molecular complexity index is 667. The number of ether oxygens (including phenoxy) is 1. The molecule has 0 unspecified atom stereocenters. The van der Waals surface area contributed by atoms with E-state index in [2.05, 4.69) is 4.72 Å². The van der Waals surface area contributed by atoms with Gasteiger partial charge in [-0.1, -0.05) is 19.9 Å². The molecular weight excluding hydrogens is 314 g/mol. The van der Waals surface area contributed by atoms with Crippen LogP contribution in [0.1, 0.15) is 42.5 Å². The first kappa shape index (κ1) is 19.6. The molecule has 0 aliphatic heterocycles. The van der Waals surface area contributed by atoms with Gasteiger partial charge >= 0.3 is 5.97 Å². The number of esters is 1. The van der Waals surface area contributed by atoms with E-state index in [9.17, 15) is 13.2 Å². The predicted molar refractivity (Wildman–Crippen MR) is 91.0 cm³/mol. The standard InChI is InChI=1S/C17H27NO4S/c1-10(2)8-15(17(19)22-7)18-23(20,21)16-13(5)11(3)9-12(4)14(16)6/h9-10,15,18H,8H2,1-7H3/t15-/m0/s1. The van der Waals surface area contributed by atoms with Gasteiger partial charge in [-0.2, -0.15) is 4.72 Å². The topological polar surface area (TPSA) is 72.5 Å². The lowest BCUT2D eigenvalue weighted by atomic mass is 10.0. The van der Waals surface area contributed by atoms with Gasteiger partial charge in [-0.3, -0.25) is 4.79 Å².